The van der Waals surface area contributed by atoms with E-state index in [1.165, 1.54) is 16.7 Å². The molecule has 258 valence electrons. The Hall–Kier alpha value is -3.65. The van der Waals surface area contributed by atoms with Crippen LogP contribution >= 0.6 is 0 Å². The van der Waals surface area contributed by atoms with E-state index < -0.39 is 42.4 Å². The normalized spacial score (nSPS) is 19.6. The minimum Gasteiger partial charge on any atom is -0.481 e. The topological polar surface area (TPSA) is 159 Å². The molecule has 0 amide bonds. The molecule has 2 saturated heterocycles. The van der Waals surface area contributed by atoms with Crippen molar-refractivity contribution in [1.29, 1.82) is 0 Å². The molecule has 0 saturated carbocycles. The standard InChI is InChI=1S/C19H29N3O2.3C2HF3O2/c1-14-6-15(2)8-16(7-14)9-21-4-5-22-11-17(19(23)24)10-20(3)12-18(22)13-21;3*3-2(4,5)1(6)7/h6-8,17-18H,4-5,9-13H2,1-3H3,(H,23,24);3*(H,6,7). The van der Waals surface area contributed by atoms with Crippen molar-refractivity contribution in [3.05, 3.63) is 34.9 Å². The van der Waals surface area contributed by atoms with Crippen LogP contribution in [0.2, 0.25) is 0 Å². The molecule has 2 heterocycles. The molecule has 0 aliphatic carbocycles. The highest BCUT2D eigenvalue weighted by molar-refractivity contribution is 5.73. The first kappa shape index (κ1) is 41.4. The molecule has 4 N–H and O–H groups in total. The zero-order valence-electron chi connectivity index (χ0n) is 24.0. The Morgan fingerprint density at radius 2 is 1.09 bits per heavy atom. The molecule has 1 aromatic carbocycles. The average molecular weight is 674 g/mol. The number of piperazine rings is 1. The SMILES string of the molecule is Cc1cc(C)cc(CN2CCN3CC(C(=O)O)CN(C)CC3C2)c1.O=C(O)C(F)(F)F.O=C(O)C(F)(F)F.O=C(O)C(F)(F)F. The number of alkyl halides is 9. The smallest absolute Gasteiger partial charge is 0.481 e. The van der Waals surface area contributed by atoms with Crippen molar-refractivity contribution in [3.8, 4) is 0 Å². The Morgan fingerprint density at radius 3 is 1.44 bits per heavy atom. The number of benzene rings is 1. The molecular weight excluding hydrogens is 641 g/mol. The Kier molecular flexibility index (Phi) is 15.8. The van der Waals surface area contributed by atoms with E-state index in [-0.39, 0.29) is 5.92 Å². The van der Waals surface area contributed by atoms with Gasteiger partial charge in [-0.2, -0.15) is 39.5 Å². The lowest BCUT2D eigenvalue weighted by Crippen LogP contribution is -2.55. The average Bonchev–Trinajstić information content (AvgIpc) is 3.00. The van der Waals surface area contributed by atoms with Crippen molar-refractivity contribution in [2.45, 2.75) is 45.0 Å². The second kappa shape index (κ2) is 17.2. The summed E-state index contributed by atoms with van der Waals surface area (Å²) < 4.78 is 95.2. The van der Waals surface area contributed by atoms with Gasteiger partial charge in [-0.25, -0.2) is 14.4 Å². The number of fused-ring (bicyclic) bond motifs is 1. The predicted molar refractivity (Wildman–Crippen MR) is 136 cm³/mol. The van der Waals surface area contributed by atoms with Crippen LogP contribution in [0.15, 0.2) is 18.2 Å². The lowest BCUT2D eigenvalue weighted by Gasteiger charge is -2.41. The van der Waals surface area contributed by atoms with Crippen LogP contribution in [0.25, 0.3) is 0 Å². The second-order valence-corrected chi connectivity index (χ2v) is 10.0. The zero-order chi connectivity index (χ0) is 35.5. The Morgan fingerprint density at radius 1 is 0.689 bits per heavy atom. The molecule has 0 spiro atoms. The summed E-state index contributed by atoms with van der Waals surface area (Å²) in [5.41, 5.74) is 4.02. The first-order valence-corrected chi connectivity index (χ1v) is 12.6. The molecule has 3 rings (SSSR count). The number of carboxylic acid groups (broad SMARTS) is 4. The molecule has 0 bridgehead atoms. The van der Waals surface area contributed by atoms with Crippen LogP contribution in [0.5, 0.6) is 0 Å². The summed E-state index contributed by atoms with van der Waals surface area (Å²) in [6, 6.07) is 7.20. The van der Waals surface area contributed by atoms with E-state index in [1.807, 2.05) is 7.05 Å². The van der Waals surface area contributed by atoms with Gasteiger partial charge in [-0.05, 0) is 26.5 Å². The fraction of sp³-hybridized carbons (Fsp3) is 0.600. The fourth-order valence-electron chi connectivity index (χ4n) is 4.24. The molecule has 2 unspecified atom stereocenters. The van der Waals surface area contributed by atoms with Crippen LogP contribution < -0.4 is 0 Å². The Bertz CT molecular complexity index is 1080. The van der Waals surface area contributed by atoms with Crippen molar-refractivity contribution < 1.29 is 79.1 Å². The van der Waals surface area contributed by atoms with E-state index in [4.69, 9.17) is 29.7 Å². The van der Waals surface area contributed by atoms with Gasteiger partial charge in [-0.15, -0.1) is 0 Å². The summed E-state index contributed by atoms with van der Waals surface area (Å²) in [6.07, 6.45) is -15.3. The van der Waals surface area contributed by atoms with Gasteiger partial charge >= 0.3 is 42.4 Å². The third-order valence-corrected chi connectivity index (χ3v) is 5.96. The van der Waals surface area contributed by atoms with Gasteiger partial charge in [0, 0.05) is 51.9 Å². The number of hydrogen-bond acceptors (Lipinski definition) is 7. The van der Waals surface area contributed by atoms with Crippen LogP contribution in [0.4, 0.5) is 39.5 Å². The summed E-state index contributed by atoms with van der Waals surface area (Å²) in [5, 5.41) is 30.8. The van der Waals surface area contributed by atoms with E-state index >= 15 is 0 Å². The summed E-state index contributed by atoms with van der Waals surface area (Å²) in [4.78, 5) is 45.2. The van der Waals surface area contributed by atoms with Crippen LogP contribution in [0, 0.1) is 19.8 Å². The number of halogens is 9. The van der Waals surface area contributed by atoms with Crippen molar-refractivity contribution in [3.63, 3.8) is 0 Å². The van der Waals surface area contributed by atoms with Crippen molar-refractivity contribution in [2.75, 3.05) is 46.3 Å². The van der Waals surface area contributed by atoms with Crippen LogP contribution in [-0.2, 0) is 25.7 Å². The number of carbonyl (C=O) groups is 4. The number of carboxylic acids is 4. The first-order chi connectivity index (χ1) is 20.2. The molecule has 2 aliphatic rings. The summed E-state index contributed by atoms with van der Waals surface area (Å²) >= 11 is 0. The molecule has 2 atom stereocenters. The van der Waals surface area contributed by atoms with E-state index in [0.29, 0.717) is 19.1 Å². The maximum absolute atomic E-state index is 11.4. The van der Waals surface area contributed by atoms with Crippen molar-refractivity contribution in [2.24, 2.45) is 5.92 Å². The fourth-order valence-corrected chi connectivity index (χ4v) is 4.24. The third-order valence-electron chi connectivity index (χ3n) is 5.96. The van der Waals surface area contributed by atoms with Crippen molar-refractivity contribution in [1.82, 2.24) is 14.7 Å². The highest BCUT2D eigenvalue weighted by atomic mass is 19.4. The molecular formula is C25H32F9N3O8. The number of hydrogen-bond donors (Lipinski definition) is 4. The minimum absolute atomic E-state index is 0.272. The molecule has 0 radical (unpaired) electrons. The summed E-state index contributed by atoms with van der Waals surface area (Å²) in [6.45, 7) is 10.6. The highest BCUT2D eigenvalue weighted by Gasteiger charge is 2.39. The number of likely N-dealkylation sites (N-methyl/N-ethyl adjacent to an activating group) is 1. The van der Waals surface area contributed by atoms with E-state index in [0.717, 1.165) is 32.7 Å². The molecule has 45 heavy (non-hydrogen) atoms. The van der Waals surface area contributed by atoms with E-state index in [1.54, 1.807) is 0 Å². The molecule has 11 nitrogen and oxygen atoms in total. The monoisotopic (exact) mass is 673 g/mol. The van der Waals surface area contributed by atoms with Gasteiger partial charge in [0.1, 0.15) is 0 Å². The maximum atomic E-state index is 11.4. The quantitative estimate of drug-likeness (QED) is 0.349. The zero-order valence-corrected chi connectivity index (χ0v) is 24.0. The highest BCUT2D eigenvalue weighted by Crippen LogP contribution is 2.21. The largest absolute Gasteiger partial charge is 0.490 e. The van der Waals surface area contributed by atoms with Gasteiger partial charge < -0.3 is 25.3 Å². The summed E-state index contributed by atoms with van der Waals surface area (Å²) in [5.74, 6) is -9.21. The second-order valence-electron chi connectivity index (χ2n) is 10.0. The van der Waals surface area contributed by atoms with Gasteiger partial charge in [0.2, 0.25) is 0 Å². The lowest BCUT2D eigenvalue weighted by atomic mass is 10.1. The van der Waals surface area contributed by atoms with Crippen molar-refractivity contribution >= 4 is 23.9 Å². The molecule has 1 aromatic rings. The van der Waals surface area contributed by atoms with Gasteiger partial charge in [0.25, 0.3) is 0 Å². The molecule has 0 aromatic heterocycles. The van der Waals surface area contributed by atoms with Crippen LogP contribution in [0.1, 0.15) is 16.7 Å². The number of rotatable bonds is 3. The Balaban J connectivity index is 0.000000753. The Labute approximate surface area is 250 Å². The third kappa shape index (κ3) is 16.8. The van der Waals surface area contributed by atoms with Gasteiger partial charge in [-0.1, -0.05) is 29.3 Å². The first-order valence-electron chi connectivity index (χ1n) is 12.6. The van der Waals surface area contributed by atoms with Gasteiger partial charge in [0.15, 0.2) is 0 Å². The predicted octanol–water partition coefficient (Wildman–Crippen LogP) is 3.34. The maximum Gasteiger partial charge on any atom is 0.490 e. The van der Waals surface area contributed by atoms with Gasteiger partial charge in [0.05, 0.1) is 5.92 Å². The lowest BCUT2D eigenvalue weighted by molar-refractivity contribution is -0.193. The summed E-state index contributed by atoms with van der Waals surface area (Å²) in [7, 11) is 2.04. The van der Waals surface area contributed by atoms with Crippen LogP contribution in [0.3, 0.4) is 0 Å². The van der Waals surface area contributed by atoms with Crippen LogP contribution in [-0.4, -0.2) is 130 Å². The molecule has 2 aliphatic heterocycles. The molecule has 2 fully saturated rings. The number of aliphatic carboxylic acids is 4. The number of aryl methyl sites for hydroxylation is 2. The number of nitrogens with zero attached hydrogens (tertiary/aromatic N) is 3. The molecule has 20 heteroatoms. The minimum atomic E-state index is -5.08. The van der Waals surface area contributed by atoms with E-state index in [9.17, 15) is 49.4 Å². The van der Waals surface area contributed by atoms with Gasteiger partial charge in [-0.3, -0.25) is 14.6 Å². The van der Waals surface area contributed by atoms with E-state index in [2.05, 4.69) is 46.7 Å².